The van der Waals surface area contributed by atoms with Gasteiger partial charge in [0.05, 0.1) is 22.7 Å². The van der Waals surface area contributed by atoms with Crippen LogP contribution in [0.1, 0.15) is 24.0 Å². The summed E-state index contributed by atoms with van der Waals surface area (Å²) < 4.78 is 39.0. The van der Waals surface area contributed by atoms with Crippen LogP contribution in [0.15, 0.2) is 42.6 Å². The van der Waals surface area contributed by atoms with E-state index < -0.39 is 17.2 Å². The molecule has 0 bridgehead atoms. The van der Waals surface area contributed by atoms with Gasteiger partial charge in [-0.15, -0.1) is 0 Å². The van der Waals surface area contributed by atoms with Gasteiger partial charge in [-0.05, 0) is 30.5 Å². The van der Waals surface area contributed by atoms with Gasteiger partial charge in [0.1, 0.15) is 0 Å². The number of nitrogens with zero attached hydrogens (tertiary/aromatic N) is 2. The molecule has 0 unspecified atom stereocenters. The zero-order valence-electron chi connectivity index (χ0n) is 11.0. The summed E-state index contributed by atoms with van der Waals surface area (Å²) in [7, 11) is 0. The van der Waals surface area contributed by atoms with Crippen LogP contribution in [0.25, 0.3) is 11.3 Å². The summed E-state index contributed by atoms with van der Waals surface area (Å²) in [6.45, 7) is 0. The normalized spacial score (nSPS) is 16.3. The molecule has 1 heterocycles. The Hall–Kier alpha value is -2.35. The highest BCUT2D eigenvalue weighted by Crippen LogP contribution is 2.47. The Labute approximate surface area is 119 Å². The zero-order chi connectivity index (χ0) is 15.1. The molecule has 0 aliphatic heterocycles. The molecule has 0 radical (unpaired) electrons. The lowest BCUT2D eigenvalue weighted by Crippen LogP contribution is -2.08. The van der Waals surface area contributed by atoms with Crippen LogP contribution in [-0.4, -0.2) is 4.98 Å². The molecule has 1 saturated carbocycles. The third-order valence-electron chi connectivity index (χ3n) is 3.79. The van der Waals surface area contributed by atoms with E-state index in [0.29, 0.717) is 0 Å². The Morgan fingerprint density at radius 1 is 1.10 bits per heavy atom. The van der Waals surface area contributed by atoms with Crippen molar-refractivity contribution in [3.63, 3.8) is 0 Å². The second-order valence-electron chi connectivity index (χ2n) is 5.17. The molecular weight excluding hydrogens is 277 g/mol. The van der Waals surface area contributed by atoms with Gasteiger partial charge >= 0.3 is 6.18 Å². The largest absolute Gasteiger partial charge is 0.417 e. The first-order chi connectivity index (χ1) is 9.96. The molecule has 1 fully saturated rings. The number of alkyl halides is 3. The van der Waals surface area contributed by atoms with Crippen molar-refractivity contribution in [1.29, 1.82) is 5.26 Å². The number of nitriles is 1. The second-order valence-corrected chi connectivity index (χ2v) is 5.17. The number of aromatic nitrogens is 1. The molecule has 21 heavy (non-hydrogen) atoms. The number of hydrogen-bond donors (Lipinski definition) is 0. The molecule has 5 heteroatoms. The van der Waals surface area contributed by atoms with E-state index in [4.69, 9.17) is 5.26 Å². The van der Waals surface area contributed by atoms with Gasteiger partial charge in [-0.2, -0.15) is 18.4 Å². The van der Waals surface area contributed by atoms with E-state index in [2.05, 4.69) is 11.1 Å². The third-order valence-corrected chi connectivity index (χ3v) is 3.79. The summed E-state index contributed by atoms with van der Waals surface area (Å²) >= 11 is 0. The molecule has 0 amide bonds. The van der Waals surface area contributed by atoms with Gasteiger partial charge in [0.15, 0.2) is 0 Å². The fraction of sp³-hybridized carbons (Fsp3) is 0.250. The SMILES string of the molecule is N#CC1(c2ccc(-c3ccccc3C(F)(F)F)nc2)CC1. The lowest BCUT2D eigenvalue weighted by atomic mass is 9.98. The fourth-order valence-corrected chi connectivity index (χ4v) is 2.38. The van der Waals surface area contributed by atoms with Gasteiger partial charge in [-0.1, -0.05) is 24.3 Å². The quantitative estimate of drug-likeness (QED) is 0.825. The molecule has 2 aromatic rings. The van der Waals surface area contributed by atoms with Crippen LogP contribution in [-0.2, 0) is 11.6 Å². The van der Waals surface area contributed by atoms with E-state index >= 15 is 0 Å². The summed E-state index contributed by atoms with van der Waals surface area (Å²) in [4.78, 5) is 4.13. The average Bonchev–Trinajstić information content (AvgIpc) is 3.28. The smallest absolute Gasteiger partial charge is 0.256 e. The van der Waals surface area contributed by atoms with E-state index in [1.54, 1.807) is 18.2 Å². The van der Waals surface area contributed by atoms with Gasteiger partial charge in [0, 0.05) is 11.8 Å². The van der Waals surface area contributed by atoms with E-state index in [1.165, 1.54) is 18.3 Å². The summed E-state index contributed by atoms with van der Waals surface area (Å²) in [5.74, 6) is 0. The monoisotopic (exact) mass is 288 g/mol. The molecule has 0 N–H and O–H groups in total. The van der Waals surface area contributed by atoms with Crippen molar-refractivity contribution in [3.05, 3.63) is 53.7 Å². The molecule has 0 saturated heterocycles. The predicted molar refractivity (Wildman–Crippen MR) is 71.2 cm³/mol. The Kier molecular flexibility index (Phi) is 2.98. The molecule has 1 aromatic heterocycles. The van der Waals surface area contributed by atoms with Crippen molar-refractivity contribution in [2.75, 3.05) is 0 Å². The highest BCUT2D eigenvalue weighted by molar-refractivity contribution is 5.64. The number of benzene rings is 1. The van der Waals surface area contributed by atoms with Crippen LogP contribution in [0.2, 0.25) is 0 Å². The summed E-state index contributed by atoms with van der Waals surface area (Å²) in [5.41, 5.74) is -0.0848. The molecule has 106 valence electrons. The van der Waals surface area contributed by atoms with Crippen LogP contribution in [0.3, 0.4) is 0 Å². The molecule has 1 aromatic carbocycles. The lowest BCUT2D eigenvalue weighted by molar-refractivity contribution is -0.137. The third kappa shape index (κ3) is 2.38. The van der Waals surface area contributed by atoms with Gasteiger partial charge in [0.25, 0.3) is 0 Å². The first-order valence-electron chi connectivity index (χ1n) is 6.51. The minimum Gasteiger partial charge on any atom is -0.256 e. The van der Waals surface area contributed by atoms with Gasteiger partial charge in [0.2, 0.25) is 0 Å². The van der Waals surface area contributed by atoms with Crippen molar-refractivity contribution >= 4 is 0 Å². The molecule has 0 atom stereocenters. The van der Waals surface area contributed by atoms with Gasteiger partial charge < -0.3 is 0 Å². The number of hydrogen-bond acceptors (Lipinski definition) is 2. The van der Waals surface area contributed by atoms with Crippen LogP contribution < -0.4 is 0 Å². The van der Waals surface area contributed by atoms with E-state index in [-0.39, 0.29) is 11.3 Å². The van der Waals surface area contributed by atoms with Gasteiger partial charge in [-0.3, -0.25) is 4.98 Å². The minimum atomic E-state index is -4.42. The molecular formula is C16H11F3N2. The Morgan fingerprint density at radius 2 is 1.81 bits per heavy atom. The van der Waals surface area contributed by atoms with Crippen LogP contribution >= 0.6 is 0 Å². The number of rotatable bonds is 2. The highest BCUT2D eigenvalue weighted by Gasteiger charge is 2.45. The average molecular weight is 288 g/mol. The summed E-state index contributed by atoms with van der Waals surface area (Å²) in [6, 6.07) is 10.9. The topological polar surface area (TPSA) is 36.7 Å². The standard InChI is InChI=1S/C16H11F3N2/c17-16(18,19)13-4-2-1-3-12(13)14-6-5-11(9-21-14)15(10-20)7-8-15/h1-6,9H,7-8H2. The highest BCUT2D eigenvalue weighted by atomic mass is 19.4. The molecule has 3 rings (SSSR count). The molecule has 0 spiro atoms. The van der Waals surface area contributed by atoms with Crippen molar-refractivity contribution < 1.29 is 13.2 Å². The van der Waals surface area contributed by atoms with Crippen molar-refractivity contribution in [3.8, 4) is 17.3 Å². The first-order valence-corrected chi connectivity index (χ1v) is 6.51. The predicted octanol–water partition coefficient (Wildman–Crippen LogP) is 4.32. The van der Waals surface area contributed by atoms with E-state index in [1.807, 2.05) is 0 Å². The van der Waals surface area contributed by atoms with Crippen LogP contribution in [0, 0.1) is 11.3 Å². The van der Waals surface area contributed by atoms with Gasteiger partial charge in [-0.25, -0.2) is 0 Å². The first kappa shape index (κ1) is 13.6. The van der Waals surface area contributed by atoms with Crippen LogP contribution in [0.5, 0.6) is 0 Å². The summed E-state index contributed by atoms with van der Waals surface area (Å²) in [6.07, 6.45) is -1.34. The molecule has 1 aliphatic carbocycles. The summed E-state index contributed by atoms with van der Waals surface area (Å²) in [5, 5.41) is 9.12. The van der Waals surface area contributed by atoms with E-state index in [9.17, 15) is 13.2 Å². The van der Waals surface area contributed by atoms with E-state index in [0.717, 1.165) is 24.5 Å². The molecule has 1 aliphatic rings. The molecule has 2 nitrogen and oxygen atoms in total. The minimum absolute atomic E-state index is 0.0540. The zero-order valence-corrected chi connectivity index (χ0v) is 11.0. The fourth-order valence-electron chi connectivity index (χ4n) is 2.38. The van der Waals surface area contributed by atoms with Crippen molar-refractivity contribution in [1.82, 2.24) is 4.98 Å². The lowest BCUT2D eigenvalue weighted by Gasteiger charge is -2.13. The van der Waals surface area contributed by atoms with Crippen molar-refractivity contribution in [2.45, 2.75) is 24.4 Å². The Bertz CT molecular complexity index is 708. The van der Waals surface area contributed by atoms with Crippen LogP contribution in [0.4, 0.5) is 13.2 Å². The second kappa shape index (κ2) is 4.59. The number of halogens is 3. The number of pyridine rings is 1. The van der Waals surface area contributed by atoms with Crippen molar-refractivity contribution in [2.24, 2.45) is 0 Å². The maximum atomic E-state index is 13.0. The maximum absolute atomic E-state index is 13.0. The Balaban J connectivity index is 2.01. The maximum Gasteiger partial charge on any atom is 0.417 e. The Morgan fingerprint density at radius 3 is 2.33 bits per heavy atom.